The predicted molar refractivity (Wildman–Crippen MR) is 66.0 cm³/mol. The topological polar surface area (TPSA) is 98.0 Å². The number of allylic oxidation sites excluding steroid dienone is 1. The Morgan fingerprint density at radius 2 is 1.89 bits per heavy atom. The van der Waals surface area contributed by atoms with Crippen molar-refractivity contribution in [1.82, 2.24) is 0 Å². The molecule has 0 radical (unpaired) electrons. The number of Topliss-reactive ketones (excluding diaryl/α,β-unsaturated/α-hetero) is 1. The van der Waals surface area contributed by atoms with Crippen molar-refractivity contribution < 1.29 is 25.2 Å². The van der Waals surface area contributed by atoms with Gasteiger partial charge in [-0.25, -0.2) is 0 Å². The Balaban J connectivity index is 2.90. The zero-order chi connectivity index (χ0) is 13.7. The Morgan fingerprint density at radius 3 is 2.50 bits per heavy atom. The molecule has 18 heavy (non-hydrogen) atoms. The van der Waals surface area contributed by atoms with Gasteiger partial charge in [0, 0.05) is 12.0 Å². The van der Waals surface area contributed by atoms with Crippen molar-refractivity contribution in [3.8, 4) is 17.2 Å². The number of ketones is 1. The first-order chi connectivity index (χ1) is 8.49. The quantitative estimate of drug-likeness (QED) is 0.276. The van der Waals surface area contributed by atoms with Crippen molar-refractivity contribution in [2.45, 2.75) is 19.8 Å². The molecule has 0 aliphatic rings. The van der Waals surface area contributed by atoms with E-state index in [4.69, 9.17) is 5.11 Å². The van der Waals surface area contributed by atoms with Crippen LogP contribution in [0.1, 0.15) is 28.8 Å². The summed E-state index contributed by atoms with van der Waals surface area (Å²) in [6.45, 7) is 1.32. The third-order valence-corrected chi connectivity index (χ3v) is 2.60. The fraction of sp³-hybridized carbons (Fsp3) is 0.308. The molecule has 0 bridgehead atoms. The van der Waals surface area contributed by atoms with E-state index in [-0.39, 0.29) is 35.7 Å². The number of phenols is 3. The van der Waals surface area contributed by atoms with Gasteiger partial charge in [-0.3, -0.25) is 4.79 Å². The monoisotopic (exact) mass is 252 g/mol. The van der Waals surface area contributed by atoms with Crippen molar-refractivity contribution in [3.05, 3.63) is 29.3 Å². The van der Waals surface area contributed by atoms with Gasteiger partial charge in [0.25, 0.3) is 0 Å². The number of carbonyl (C=O) groups is 1. The van der Waals surface area contributed by atoms with E-state index in [2.05, 4.69) is 0 Å². The zero-order valence-corrected chi connectivity index (χ0v) is 10.1. The van der Waals surface area contributed by atoms with Crippen LogP contribution in [0.25, 0.3) is 0 Å². The molecule has 1 rings (SSSR count). The Hall–Kier alpha value is -2.01. The molecule has 0 atom stereocenters. The summed E-state index contributed by atoms with van der Waals surface area (Å²) < 4.78 is 0. The van der Waals surface area contributed by atoms with E-state index >= 15 is 0 Å². The lowest BCUT2D eigenvalue weighted by molar-refractivity contribution is 0.0980. The summed E-state index contributed by atoms with van der Waals surface area (Å²) in [5.74, 6) is -1.52. The third-order valence-electron chi connectivity index (χ3n) is 2.60. The van der Waals surface area contributed by atoms with Crippen LogP contribution in [-0.2, 0) is 0 Å². The molecule has 5 heteroatoms. The minimum atomic E-state index is -0.431. The SMILES string of the molecule is Cc1c(O)c(O)cc(C(=O)CCC=CCO)c1O. The standard InChI is InChI=1S/C13H16O5/c1-8-12(17)9(7-11(16)13(8)18)10(15)5-3-2-4-6-14/h2,4,7,14,16-18H,3,5-6H2,1H3. The van der Waals surface area contributed by atoms with Crippen LogP contribution < -0.4 is 0 Å². The Labute approximate surface area is 105 Å². The number of aliphatic hydroxyl groups is 1. The first-order valence-electron chi connectivity index (χ1n) is 5.52. The van der Waals surface area contributed by atoms with Gasteiger partial charge in [0.1, 0.15) is 5.75 Å². The van der Waals surface area contributed by atoms with Gasteiger partial charge in [0.15, 0.2) is 17.3 Å². The molecule has 0 fully saturated rings. The summed E-state index contributed by atoms with van der Waals surface area (Å²) in [6, 6.07) is 1.05. The average Bonchev–Trinajstić information content (AvgIpc) is 2.36. The van der Waals surface area contributed by atoms with Crippen LogP contribution in [0.5, 0.6) is 17.2 Å². The molecule has 0 spiro atoms. The number of aromatic hydroxyl groups is 3. The van der Waals surface area contributed by atoms with Crippen molar-refractivity contribution in [2.75, 3.05) is 6.61 Å². The average molecular weight is 252 g/mol. The molecular weight excluding hydrogens is 236 g/mol. The fourth-order valence-electron chi connectivity index (χ4n) is 1.53. The fourth-order valence-corrected chi connectivity index (χ4v) is 1.53. The minimum Gasteiger partial charge on any atom is -0.507 e. The minimum absolute atomic E-state index is 0.0137. The van der Waals surface area contributed by atoms with Crippen LogP contribution in [0.15, 0.2) is 18.2 Å². The van der Waals surface area contributed by atoms with E-state index in [9.17, 15) is 20.1 Å². The van der Waals surface area contributed by atoms with E-state index in [1.165, 1.54) is 13.0 Å². The number of aliphatic hydroxyl groups excluding tert-OH is 1. The molecule has 0 aromatic heterocycles. The van der Waals surface area contributed by atoms with Gasteiger partial charge in [0.2, 0.25) is 0 Å². The maximum absolute atomic E-state index is 11.8. The molecule has 0 amide bonds. The molecule has 1 aromatic rings. The molecule has 4 N–H and O–H groups in total. The van der Waals surface area contributed by atoms with Crippen molar-refractivity contribution in [2.24, 2.45) is 0 Å². The smallest absolute Gasteiger partial charge is 0.167 e. The number of carbonyl (C=O) groups excluding carboxylic acids is 1. The molecule has 98 valence electrons. The van der Waals surface area contributed by atoms with Gasteiger partial charge >= 0.3 is 0 Å². The van der Waals surface area contributed by atoms with Gasteiger partial charge in [-0.05, 0) is 19.4 Å². The van der Waals surface area contributed by atoms with Gasteiger partial charge in [-0.15, -0.1) is 0 Å². The van der Waals surface area contributed by atoms with E-state index in [1.807, 2.05) is 0 Å². The van der Waals surface area contributed by atoms with Crippen molar-refractivity contribution in [1.29, 1.82) is 0 Å². The van der Waals surface area contributed by atoms with Crippen LogP contribution in [0.2, 0.25) is 0 Å². The summed E-state index contributed by atoms with van der Waals surface area (Å²) in [6.07, 6.45) is 3.75. The van der Waals surface area contributed by atoms with Gasteiger partial charge in [0.05, 0.1) is 12.2 Å². The van der Waals surface area contributed by atoms with Crippen molar-refractivity contribution in [3.63, 3.8) is 0 Å². The highest BCUT2D eigenvalue weighted by Gasteiger charge is 2.18. The maximum Gasteiger partial charge on any atom is 0.167 e. The molecule has 0 heterocycles. The lowest BCUT2D eigenvalue weighted by atomic mass is 10.0. The maximum atomic E-state index is 11.8. The van der Waals surface area contributed by atoms with E-state index < -0.39 is 11.5 Å². The second-order valence-electron chi connectivity index (χ2n) is 3.88. The normalized spacial score (nSPS) is 11.0. The van der Waals surface area contributed by atoms with Crippen LogP contribution in [0.4, 0.5) is 0 Å². The first-order valence-corrected chi connectivity index (χ1v) is 5.52. The number of rotatable bonds is 5. The number of hydrogen-bond acceptors (Lipinski definition) is 5. The number of phenolic OH excluding ortho intramolecular Hbond substituents is 3. The Morgan fingerprint density at radius 1 is 1.22 bits per heavy atom. The van der Waals surface area contributed by atoms with Crippen LogP contribution in [-0.4, -0.2) is 32.8 Å². The van der Waals surface area contributed by atoms with Crippen molar-refractivity contribution >= 4 is 5.78 Å². The summed E-state index contributed by atoms with van der Waals surface area (Å²) in [4.78, 5) is 11.8. The molecule has 0 saturated heterocycles. The third kappa shape index (κ3) is 3.01. The highest BCUT2D eigenvalue weighted by atomic mass is 16.3. The molecule has 0 aliphatic heterocycles. The largest absolute Gasteiger partial charge is 0.507 e. The lowest BCUT2D eigenvalue weighted by Gasteiger charge is -2.09. The Kier molecular flexibility index (Phi) is 4.74. The lowest BCUT2D eigenvalue weighted by Crippen LogP contribution is -2.00. The van der Waals surface area contributed by atoms with Crippen LogP contribution in [0.3, 0.4) is 0 Å². The molecular formula is C13H16O5. The van der Waals surface area contributed by atoms with Gasteiger partial charge in [-0.2, -0.15) is 0 Å². The highest BCUT2D eigenvalue weighted by molar-refractivity contribution is 5.99. The second-order valence-corrected chi connectivity index (χ2v) is 3.88. The Bertz CT molecular complexity index is 477. The first kappa shape index (κ1) is 14.1. The summed E-state index contributed by atoms with van der Waals surface area (Å²) >= 11 is 0. The highest BCUT2D eigenvalue weighted by Crippen LogP contribution is 2.38. The molecule has 0 saturated carbocycles. The van der Waals surface area contributed by atoms with Crippen LogP contribution >= 0.6 is 0 Å². The van der Waals surface area contributed by atoms with E-state index in [0.29, 0.717) is 6.42 Å². The summed E-state index contributed by atoms with van der Waals surface area (Å²) in [5.41, 5.74) is 0.0597. The summed E-state index contributed by atoms with van der Waals surface area (Å²) in [7, 11) is 0. The zero-order valence-electron chi connectivity index (χ0n) is 10.1. The van der Waals surface area contributed by atoms with E-state index in [0.717, 1.165) is 6.07 Å². The van der Waals surface area contributed by atoms with Crippen LogP contribution in [0, 0.1) is 6.92 Å². The number of benzene rings is 1. The summed E-state index contributed by atoms with van der Waals surface area (Å²) in [5, 5.41) is 37.0. The molecule has 0 aliphatic carbocycles. The van der Waals surface area contributed by atoms with E-state index in [1.54, 1.807) is 6.08 Å². The second kappa shape index (κ2) is 6.07. The molecule has 1 aromatic carbocycles. The molecule has 5 nitrogen and oxygen atoms in total. The predicted octanol–water partition coefficient (Wildman–Crippen LogP) is 1.62. The number of hydrogen-bond donors (Lipinski definition) is 4. The van der Waals surface area contributed by atoms with Gasteiger partial charge < -0.3 is 20.4 Å². The van der Waals surface area contributed by atoms with Gasteiger partial charge in [-0.1, -0.05) is 12.2 Å². The molecule has 0 unspecified atom stereocenters.